The number of carbonyl (C=O) groups is 1. The molecule has 2 aromatic rings. The van der Waals surface area contributed by atoms with E-state index in [0.29, 0.717) is 11.3 Å². The van der Waals surface area contributed by atoms with Gasteiger partial charge in [0.15, 0.2) is 5.78 Å². The minimum atomic E-state index is -3.80. The molecule has 1 unspecified atom stereocenters. The van der Waals surface area contributed by atoms with Crippen LogP contribution in [0, 0.1) is 5.92 Å². The summed E-state index contributed by atoms with van der Waals surface area (Å²) in [5, 5.41) is 23.1. The number of allylic oxidation sites excluding steroid dienone is 3. The molecule has 1 saturated heterocycles. The maximum atomic E-state index is 13.0. The molecule has 0 radical (unpaired) electrons. The summed E-state index contributed by atoms with van der Waals surface area (Å²) in [4.78, 5) is 19.2. The van der Waals surface area contributed by atoms with Crippen molar-refractivity contribution in [2.75, 3.05) is 29.9 Å². The SMILES string of the molecule is CC1C=CC(c2cc(C(=O)CNc3ccc(OC(F)(F)Cl)cc3)ccc2N2C[C@H](O)[C@@H](O)C2)=CN=C1. The maximum absolute atomic E-state index is 13.0. The molecule has 190 valence electrons. The van der Waals surface area contributed by atoms with Crippen molar-refractivity contribution in [3.63, 3.8) is 0 Å². The van der Waals surface area contributed by atoms with Crippen molar-refractivity contribution in [2.45, 2.75) is 24.7 Å². The first-order valence-electron chi connectivity index (χ1n) is 11.4. The number of aliphatic hydroxyl groups is 2. The van der Waals surface area contributed by atoms with Crippen molar-refractivity contribution in [1.82, 2.24) is 0 Å². The third-order valence-electron chi connectivity index (χ3n) is 5.88. The van der Waals surface area contributed by atoms with Gasteiger partial charge in [0.25, 0.3) is 0 Å². The van der Waals surface area contributed by atoms with Crippen molar-refractivity contribution >= 4 is 40.5 Å². The molecule has 0 aliphatic carbocycles. The van der Waals surface area contributed by atoms with Crippen molar-refractivity contribution in [1.29, 1.82) is 0 Å². The number of ketones is 1. The Morgan fingerprint density at radius 1 is 1.19 bits per heavy atom. The molecule has 3 atom stereocenters. The number of hydrogen-bond acceptors (Lipinski definition) is 7. The zero-order valence-corrected chi connectivity index (χ0v) is 20.2. The number of anilines is 2. The molecule has 4 rings (SSSR count). The van der Waals surface area contributed by atoms with Gasteiger partial charge in [-0.25, -0.2) is 0 Å². The number of aliphatic hydroxyl groups excluding tert-OH is 2. The monoisotopic (exact) mass is 517 g/mol. The molecule has 36 heavy (non-hydrogen) atoms. The summed E-state index contributed by atoms with van der Waals surface area (Å²) >= 11 is 4.77. The van der Waals surface area contributed by atoms with Crippen LogP contribution in [0.2, 0.25) is 0 Å². The molecule has 1 fully saturated rings. The van der Waals surface area contributed by atoms with Gasteiger partial charge in [0.05, 0.1) is 18.8 Å². The molecular weight excluding hydrogens is 492 g/mol. The second-order valence-electron chi connectivity index (χ2n) is 8.72. The fraction of sp³-hybridized carbons (Fsp3) is 0.308. The van der Waals surface area contributed by atoms with Gasteiger partial charge in [-0.2, -0.15) is 0 Å². The molecule has 3 N–H and O–H groups in total. The molecule has 2 heterocycles. The summed E-state index contributed by atoms with van der Waals surface area (Å²) in [7, 11) is 0. The number of rotatable bonds is 8. The van der Waals surface area contributed by atoms with Crippen molar-refractivity contribution < 1.29 is 28.5 Å². The molecule has 10 heteroatoms. The first-order valence-corrected chi connectivity index (χ1v) is 11.8. The predicted octanol–water partition coefficient (Wildman–Crippen LogP) is 4.31. The molecule has 7 nitrogen and oxygen atoms in total. The van der Waals surface area contributed by atoms with E-state index in [1.807, 2.05) is 30.2 Å². The zero-order chi connectivity index (χ0) is 25.9. The molecule has 2 aromatic carbocycles. The first kappa shape index (κ1) is 25.8. The number of hydrogen-bond donors (Lipinski definition) is 3. The van der Waals surface area contributed by atoms with Crippen molar-refractivity contribution in [3.05, 3.63) is 71.9 Å². The molecule has 0 spiro atoms. The number of nitrogens with one attached hydrogen (secondary N) is 1. The lowest BCUT2D eigenvalue weighted by Crippen LogP contribution is -2.23. The average Bonchev–Trinajstić information content (AvgIpc) is 3.02. The number of aliphatic imine (C=N–C) groups is 1. The Morgan fingerprint density at radius 2 is 1.89 bits per heavy atom. The van der Waals surface area contributed by atoms with Gasteiger partial charge in [-0.05, 0) is 42.5 Å². The number of ether oxygens (including phenoxy) is 1. The van der Waals surface area contributed by atoms with Crippen LogP contribution in [-0.2, 0) is 0 Å². The minimum absolute atomic E-state index is 0.0319. The predicted molar refractivity (Wildman–Crippen MR) is 136 cm³/mol. The number of benzene rings is 2. The van der Waals surface area contributed by atoms with Crippen molar-refractivity contribution in [3.8, 4) is 5.75 Å². The van der Waals surface area contributed by atoms with Crippen LogP contribution in [0.4, 0.5) is 20.2 Å². The van der Waals surface area contributed by atoms with Crippen LogP contribution < -0.4 is 15.0 Å². The number of alkyl halides is 3. The van der Waals surface area contributed by atoms with Crippen molar-refractivity contribution in [2.24, 2.45) is 10.9 Å². The largest absolute Gasteiger partial charge is 0.487 e. The van der Waals surface area contributed by atoms with E-state index in [9.17, 15) is 23.8 Å². The van der Waals surface area contributed by atoms with Crippen LogP contribution in [0.5, 0.6) is 5.75 Å². The van der Waals surface area contributed by atoms with Gasteiger partial charge in [-0.3, -0.25) is 9.79 Å². The highest BCUT2D eigenvalue weighted by Gasteiger charge is 2.31. The van der Waals surface area contributed by atoms with Gasteiger partial charge in [-0.15, -0.1) is 8.78 Å². The highest BCUT2D eigenvalue weighted by atomic mass is 35.5. The molecule has 2 aliphatic rings. The normalized spacial score (nSPS) is 21.8. The number of carbonyl (C=O) groups excluding carboxylic acids is 1. The quantitative estimate of drug-likeness (QED) is 0.357. The van der Waals surface area contributed by atoms with E-state index in [-0.39, 0.29) is 37.1 Å². The Bertz CT molecular complexity index is 1180. The van der Waals surface area contributed by atoms with E-state index >= 15 is 0 Å². The van der Waals surface area contributed by atoms with Crippen LogP contribution in [0.3, 0.4) is 0 Å². The Balaban J connectivity index is 1.54. The zero-order valence-electron chi connectivity index (χ0n) is 19.4. The summed E-state index contributed by atoms with van der Waals surface area (Å²) in [6.07, 6.45) is 5.78. The molecule has 0 aromatic heterocycles. The third kappa shape index (κ3) is 6.48. The number of Topliss-reactive ketones (excluding diaryl/α,β-unsaturated/α-hetero) is 1. The van der Waals surface area contributed by atoms with Crippen LogP contribution in [0.1, 0.15) is 22.8 Å². The lowest BCUT2D eigenvalue weighted by Gasteiger charge is -2.22. The van der Waals surface area contributed by atoms with E-state index in [4.69, 9.17) is 11.6 Å². The Hall–Kier alpha value is -3.27. The molecule has 2 aliphatic heterocycles. The third-order valence-corrected chi connectivity index (χ3v) is 5.96. The Labute approximate surface area is 212 Å². The van der Waals surface area contributed by atoms with E-state index in [0.717, 1.165) is 16.8 Å². The van der Waals surface area contributed by atoms with Crippen LogP contribution in [0.15, 0.2) is 65.8 Å². The summed E-state index contributed by atoms with van der Waals surface area (Å²) in [6, 6.07) is 10.9. The Morgan fingerprint density at radius 3 is 2.56 bits per heavy atom. The van der Waals surface area contributed by atoms with Gasteiger partial charge in [-0.1, -0.05) is 19.1 Å². The summed E-state index contributed by atoms with van der Waals surface area (Å²) in [6.45, 7) is 2.52. The average molecular weight is 518 g/mol. The molecule has 0 amide bonds. The summed E-state index contributed by atoms with van der Waals surface area (Å²) in [5.41, 5.74) is -0.459. The topological polar surface area (TPSA) is 94.4 Å². The minimum Gasteiger partial charge on any atom is -0.420 e. The fourth-order valence-corrected chi connectivity index (χ4v) is 4.10. The lowest BCUT2D eigenvalue weighted by molar-refractivity contribution is -0.0964. The number of β-amino-alcohol motifs (C(OH)–C–C–N with tert-alkyl or cyclic N) is 2. The Kier molecular flexibility index (Phi) is 7.73. The highest BCUT2D eigenvalue weighted by Crippen LogP contribution is 2.33. The second kappa shape index (κ2) is 10.8. The van der Waals surface area contributed by atoms with Gasteiger partial charge >= 0.3 is 5.57 Å². The van der Waals surface area contributed by atoms with Gasteiger partial charge in [0, 0.05) is 71.1 Å². The fourth-order valence-electron chi connectivity index (χ4n) is 4.01. The van der Waals surface area contributed by atoms with E-state index in [1.165, 1.54) is 24.3 Å². The van der Waals surface area contributed by atoms with Gasteiger partial charge in [0.1, 0.15) is 5.75 Å². The van der Waals surface area contributed by atoms with E-state index in [1.54, 1.807) is 24.4 Å². The van der Waals surface area contributed by atoms with E-state index < -0.39 is 17.8 Å². The summed E-state index contributed by atoms with van der Waals surface area (Å²) in [5.74, 6) is -0.142. The van der Waals surface area contributed by atoms with Gasteiger partial charge < -0.3 is 25.2 Å². The summed E-state index contributed by atoms with van der Waals surface area (Å²) < 4.78 is 29.8. The maximum Gasteiger partial charge on any atom is 0.487 e. The number of nitrogens with zero attached hydrogens (tertiary/aromatic N) is 2. The molecule has 0 bridgehead atoms. The van der Waals surface area contributed by atoms with E-state index in [2.05, 4.69) is 15.0 Å². The number of halogens is 3. The van der Waals surface area contributed by atoms with Crippen LogP contribution in [0.25, 0.3) is 5.57 Å². The van der Waals surface area contributed by atoms with Gasteiger partial charge in [0.2, 0.25) is 0 Å². The standard InChI is InChI=1S/C26H26ClF2N3O4/c1-16-2-3-18(12-30-11-16)21-10-17(4-9-22(21)32-14-24(34)25(35)15-32)23(33)13-31-19-5-7-20(8-6-19)36-26(27,28)29/h2-12,16,24-25,31,34-35H,13-15H2,1H3/t16?,24-,25-/m0/s1. The van der Waals surface area contributed by atoms with Crippen LogP contribution >= 0.6 is 11.6 Å². The smallest absolute Gasteiger partial charge is 0.420 e. The lowest BCUT2D eigenvalue weighted by atomic mass is 9.98. The van der Waals surface area contributed by atoms with Crippen LogP contribution in [-0.4, -0.2) is 59.6 Å². The molecular formula is C26H26ClF2N3O4. The first-order chi connectivity index (χ1) is 17.1. The molecule has 0 saturated carbocycles. The highest BCUT2D eigenvalue weighted by molar-refractivity contribution is 6.20. The second-order valence-corrected chi connectivity index (χ2v) is 9.16.